The van der Waals surface area contributed by atoms with Crippen molar-refractivity contribution in [2.24, 2.45) is 0 Å². The van der Waals surface area contributed by atoms with Gasteiger partial charge in [0, 0.05) is 32.7 Å². The maximum atomic E-state index is 4.63. The number of para-hydroxylation sites is 2. The van der Waals surface area contributed by atoms with E-state index >= 15 is 0 Å². The largest absolute Gasteiger partial charge is 0.309 e. The zero-order valence-corrected chi connectivity index (χ0v) is 19.8. The molecule has 0 aliphatic rings. The summed E-state index contributed by atoms with van der Waals surface area (Å²) < 4.78 is 3.42. The van der Waals surface area contributed by atoms with Crippen LogP contribution in [-0.2, 0) is 0 Å². The molecule has 0 fully saturated rings. The monoisotopic (exact) mass is 488 g/mol. The Morgan fingerprint density at radius 2 is 1.39 bits per heavy atom. The van der Waals surface area contributed by atoms with Gasteiger partial charge < -0.3 is 4.57 Å². The molecule has 2 heterocycles. The van der Waals surface area contributed by atoms with E-state index in [9.17, 15) is 0 Å². The fourth-order valence-corrected chi connectivity index (χ4v) is 5.06. The molecule has 0 aliphatic carbocycles. The molecule has 3 heteroatoms. The standard InChI is InChI=1S/C30H21BrN2/c1-20-13-14-24(33-29-11-4-2-9-25(29)26-10-3-5-12-30(26)33)19-27(20)21-15-16-32-28(18-21)22-7-6-8-23(31)17-22/h2-19H,1H3. The highest BCUT2D eigenvalue weighted by Gasteiger charge is 2.13. The van der Waals surface area contributed by atoms with Gasteiger partial charge in [0.1, 0.15) is 0 Å². The van der Waals surface area contributed by atoms with Crippen LogP contribution in [0.2, 0.25) is 0 Å². The summed E-state index contributed by atoms with van der Waals surface area (Å²) in [5.41, 5.74) is 9.29. The summed E-state index contributed by atoms with van der Waals surface area (Å²) in [7, 11) is 0. The Morgan fingerprint density at radius 1 is 0.667 bits per heavy atom. The molecular formula is C30H21BrN2. The van der Waals surface area contributed by atoms with E-state index in [0.29, 0.717) is 0 Å². The molecule has 0 aliphatic heterocycles. The molecule has 0 atom stereocenters. The van der Waals surface area contributed by atoms with Crippen LogP contribution in [0.15, 0.2) is 114 Å². The first kappa shape index (κ1) is 20.0. The van der Waals surface area contributed by atoms with Crippen LogP contribution in [-0.4, -0.2) is 9.55 Å². The lowest BCUT2D eigenvalue weighted by Crippen LogP contribution is -1.96. The van der Waals surface area contributed by atoms with Gasteiger partial charge in [-0.15, -0.1) is 0 Å². The minimum Gasteiger partial charge on any atom is -0.309 e. The Labute approximate surface area is 201 Å². The van der Waals surface area contributed by atoms with Crippen molar-refractivity contribution in [2.75, 3.05) is 0 Å². The lowest BCUT2D eigenvalue weighted by Gasteiger charge is -2.13. The average Bonchev–Trinajstić information content (AvgIpc) is 3.19. The van der Waals surface area contributed by atoms with Gasteiger partial charge in [-0.25, -0.2) is 0 Å². The number of hydrogen-bond donors (Lipinski definition) is 0. The van der Waals surface area contributed by atoms with Crippen molar-refractivity contribution in [1.29, 1.82) is 0 Å². The van der Waals surface area contributed by atoms with E-state index < -0.39 is 0 Å². The van der Waals surface area contributed by atoms with Crippen LogP contribution < -0.4 is 0 Å². The normalized spacial score (nSPS) is 11.3. The lowest BCUT2D eigenvalue weighted by atomic mass is 9.98. The predicted octanol–water partition coefficient (Wildman–Crippen LogP) is 8.58. The first-order chi connectivity index (χ1) is 16.2. The Bertz CT molecular complexity index is 1590. The van der Waals surface area contributed by atoms with Gasteiger partial charge >= 0.3 is 0 Å². The summed E-state index contributed by atoms with van der Waals surface area (Å²) in [6.45, 7) is 2.17. The molecule has 33 heavy (non-hydrogen) atoms. The Hall–Kier alpha value is -3.69. The van der Waals surface area contributed by atoms with E-state index in [1.165, 1.54) is 38.5 Å². The number of pyridine rings is 1. The number of aromatic nitrogens is 2. The van der Waals surface area contributed by atoms with Gasteiger partial charge in [0.2, 0.25) is 0 Å². The molecular weight excluding hydrogens is 468 g/mol. The number of fused-ring (bicyclic) bond motifs is 3. The summed E-state index contributed by atoms with van der Waals surface area (Å²) in [5.74, 6) is 0. The minimum absolute atomic E-state index is 0.968. The molecule has 0 saturated heterocycles. The second-order valence-corrected chi connectivity index (χ2v) is 9.22. The molecule has 4 aromatic carbocycles. The molecule has 2 aromatic heterocycles. The lowest BCUT2D eigenvalue weighted by molar-refractivity contribution is 1.17. The van der Waals surface area contributed by atoms with E-state index in [1.807, 2.05) is 18.3 Å². The molecule has 0 radical (unpaired) electrons. The highest BCUT2D eigenvalue weighted by molar-refractivity contribution is 9.10. The second kappa shape index (κ2) is 8.02. The molecule has 2 nitrogen and oxygen atoms in total. The first-order valence-corrected chi connectivity index (χ1v) is 11.8. The van der Waals surface area contributed by atoms with E-state index in [-0.39, 0.29) is 0 Å². The Balaban J connectivity index is 1.54. The van der Waals surface area contributed by atoms with Crippen molar-refractivity contribution >= 4 is 37.7 Å². The van der Waals surface area contributed by atoms with Crippen LogP contribution in [0.4, 0.5) is 0 Å². The quantitative estimate of drug-likeness (QED) is 0.243. The number of aryl methyl sites for hydroxylation is 1. The van der Waals surface area contributed by atoms with Crippen LogP contribution >= 0.6 is 15.9 Å². The number of rotatable bonds is 3. The molecule has 0 amide bonds. The van der Waals surface area contributed by atoms with Gasteiger partial charge in [-0.05, 0) is 72.1 Å². The summed E-state index contributed by atoms with van der Waals surface area (Å²) in [4.78, 5) is 4.63. The summed E-state index contributed by atoms with van der Waals surface area (Å²) in [6, 6.07) is 36.5. The number of nitrogens with zero attached hydrogens (tertiary/aromatic N) is 2. The number of hydrogen-bond acceptors (Lipinski definition) is 1. The third-order valence-electron chi connectivity index (χ3n) is 6.25. The zero-order valence-electron chi connectivity index (χ0n) is 18.2. The Kier molecular flexibility index (Phi) is 4.85. The smallest absolute Gasteiger partial charge is 0.0708 e. The predicted molar refractivity (Wildman–Crippen MR) is 142 cm³/mol. The topological polar surface area (TPSA) is 17.8 Å². The van der Waals surface area contributed by atoms with Gasteiger partial charge in [-0.2, -0.15) is 0 Å². The van der Waals surface area contributed by atoms with Crippen LogP contribution in [0.25, 0.3) is 49.9 Å². The maximum Gasteiger partial charge on any atom is 0.0708 e. The minimum atomic E-state index is 0.968. The third-order valence-corrected chi connectivity index (χ3v) is 6.74. The van der Waals surface area contributed by atoms with Gasteiger partial charge in [0.05, 0.1) is 16.7 Å². The van der Waals surface area contributed by atoms with E-state index in [0.717, 1.165) is 21.4 Å². The molecule has 0 bridgehead atoms. The molecule has 0 saturated carbocycles. The SMILES string of the molecule is Cc1ccc(-n2c3ccccc3c3ccccc32)cc1-c1ccnc(-c2cccc(Br)c2)c1. The summed E-state index contributed by atoms with van der Waals surface area (Å²) in [6.07, 6.45) is 1.90. The zero-order chi connectivity index (χ0) is 22.4. The number of benzene rings is 4. The van der Waals surface area contributed by atoms with Crippen LogP contribution in [0.3, 0.4) is 0 Å². The van der Waals surface area contributed by atoms with Crippen molar-refractivity contribution in [3.63, 3.8) is 0 Å². The molecule has 158 valence electrons. The highest BCUT2D eigenvalue weighted by atomic mass is 79.9. The summed E-state index contributed by atoms with van der Waals surface area (Å²) >= 11 is 3.57. The third kappa shape index (κ3) is 3.46. The van der Waals surface area contributed by atoms with Crippen molar-refractivity contribution in [3.05, 3.63) is 119 Å². The molecule has 0 spiro atoms. The Morgan fingerprint density at radius 3 is 2.12 bits per heavy atom. The molecule has 6 rings (SSSR count). The van der Waals surface area contributed by atoms with Crippen molar-refractivity contribution < 1.29 is 0 Å². The molecule has 0 unspecified atom stereocenters. The summed E-state index contributed by atoms with van der Waals surface area (Å²) in [5, 5.41) is 2.55. The van der Waals surface area contributed by atoms with Crippen LogP contribution in [0.5, 0.6) is 0 Å². The van der Waals surface area contributed by atoms with E-state index in [2.05, 4.69) is 123 Å². The number of halogens is 1. The van der Waals surface area contributed by atoms with Crippen molar-refractivity contribution in [3.8, 4) is 28.1 Å². The second-order valence-electron chi connectivity index (χ2n) is 8.31. The van der Waals surface area contributed by atoms with Crippen molar-refractivity contribution in [1.82, 2.24) is 9.55 Å². The van der Waals surface area contributed by atoms with Gasteiger partial charge in [0.25, 0.3) is 0 Å². The molecule has 0 N–H and O–H groups in total. The van der Waals surface area contributed by atoms with Crippen LogP contribution in [0.1, 0.15) is 5.56 Å². The van der Waals surface area contributed by atoms with Gasteiger partial charge in [0.15, 0.2) is 0 Å². The highest BCUT2D eigenvalue weighted by Crippen LogP contribution is 2.34. The molecule has 6 aromatic rings. The first-order valence-electron chi connectivity index (χ1n) is 11.0. The average molecular weight is 489 g/mol. The van der Waals surface area contributed by atoms with E-state index in [1.54, 1.807) is 0 Å². The van der Waals surface area contributed by atoms with Crippen molar-refractivity contribution in [2.45, 2.75) is 6.92 Å². The fraction of sp³-hybridized carbons (Fsp3) is 0.0333. The van der Waals surface area contributed by atoms with Gasteiger partial charge in [-0.1, -0.05) is 70.5 Å². The fourth-order valence-electron chi connectivity index (χ4n) is 4.66. The maximum absolute atomic E-state index is 4.63. The van der Waals surface area contributed by atoms with Gasteiger partial charge in [-0.3, -0.25) is 4.98 Å². The van der Waals surface area contributed by atoms with E-state index in [4.69, 9.17) is 0 Å². The van der Waals surface area contributed by atoms with Crippen LogP contribution in [0, 0.1) is 6.92 Å².